The Bertz CT molecular complexity index is 889. The summed E-state index contributed by atoms with van der Waals surface area (Å²) in [5, 5.41) is 8.60. The zero-order valence-electron chi connectivity index (χ0n) is 15.8. The predicted molar refractivity (Wildman–Crippen MR) is 125 cm³/mol. The lowest BCUT2D eigenvalue weighted by Gasteiger charge is -2.25. The molecule has 1 fully saturated rings. The van der Waals surface area contributed by atoms with Crippen LogP contribution in [0.5, 0.6) is 0 Å². The third-order valence-electron chi connectivity index (χ3n) is 4.24. The molecule has 7 nitrogen and oxygen atoms in total. The number of nitrogens with zero attached hydrogens (tertiary/aromatic N) is 2. The summed E-state index contributed by atoms with van der Waals surface area (Å²) in [6.07, 6.45) is 0. The van der Waals surface area contributed by atoms with Crippen LogP contribution in [0.2, 0.25) is 0 Å². The van der Waals surface area contributed by atoms with Crippen LogP contribution in [0.25, 0.3) is 0 Å². The van der Waals surface area contributed by atoms with Crippen molar-refractivity contribution in [3.63, 3.8) is 0 Å². The summed E-state index contributed by atoms with van der Waals surface area (Å²) in [5.41, 5.74) is 1.26. The van der Waals surface area contributed by atoms with Gasteiger partial charge in [0.25, 0.3) is 10.0 Å². The van der Waals surface area contributed by atoms with E-state index in [0.717, 1.165) is 4.88 Å². The molecule has 0 amide bonds. The first kappa shape index (κ1) is 23.5. The van der Waals surface area contributed by atoms with E-state index in [0.29, 0.717) is 49.6 Å². The molecule has 156 valence electrons. The van der Waals surface area contributed by atoms with E-state index >= 15 is 0 Å². The summed E-state index contributed by atoms with van der Waals surface area (Å²) in [6, 6.07) is 5.62. The fourth-order valence-electron chi connectivity index (χ4n) is 2.65. The average Bonchev–Trinajstić information content (AvgIpc) is 3.32. The van der Waals surface area contributed by atoms with Crippen LogP contribution >= 0.6 is 46.7 Å². The van der Waals surface area contributed by atoms with Gasteiger partial charge in [0.2, 0.25) is 0 Å². The quantitative estimate of drug-likeness (QED) is 0.325. The Kier molecular flexibility index (Phi) is 9.15. The summed E-state index contributed by atoms with van der Waals surface area (Å²) in [5.74, 6) is 0.689. The van der Waals surface area contributed by atoms with Crippen molar-refractivity contribution in [2.45, 2.75) is 24.2 Å². The topological polar surface area (TPSA) is 83.0 Å². The van der Waals surface area contributed by atoms with Crippen molar-refractivity contribution in [3.8, 4) is 0 Å². The smallest absolute Gasteiger partial charge is 0.252 e. The van der Waals surface area contributed by atoms with Crippen LogP contribution in [0, 0.1) is 6.92 Å². The van der Waals surface area contributed by atoms with E-state index in [4.69, 9.17) is 4.74 Å². The zero-order valence-corrected chi connectivity index (χ0v) is 20.6. The number of guanidine groups is 1. The first-order valence-corrected chi connectivity index (χ1v) is 11.8. The standard InChI is InChI=1S/C17H24N4O3S3.HI/c1-13-5-10-25-15(13)12-20-17(18-2)19-11-14-3-4-16(26-14)27(22,23)21-6-8-24-9-7-21;/h3-5,10H,6-9,11-12H2,1-2H3,(H2,18,19,20);1H. The maximum Gasteiger partial charge on any atom is 0.252 e. The fraction of sp³-hybridized carbons (Fsp3) is 0.471. The highest BCUT2D eigenvalue weighted by molar-refractivity contribution is 14.0. The third-order valence-corrected chi connectivity index (χ3v) is 8.71. The minimum Gasteiger partial charge on any atom is -0.379 e. The Morgan fingerprint density at radius 1 is 1.21 bits per heavy atom. The Hall–Kier alpha value is -0.730. The number of ether oxygens (including phenoxy) is 1. The van der Waals surface area contributed by atoms with Gasteiger partial charge >= 0.3 is 0 Å². The second kappa shape index (κ2) is 10.9. The van der Waals surface area contributed by atoms with Crippen molar-refractivity contribution in [1.82, 2.24) is 14.9 Å². The number of sulfonamides is 1. The van der Waals surface area contributed by atoms with E-state index in [-0.39, 0.29) is 24.0 Å². The highest BCUT2D eigenvalue weighted by Gasteiger charge is 2.27. The maximum absolute atomic E-state index is 12.7. The number of morpholine rings is 1. The average molecular weight is 557 g/mol. The third kappa shape index (κ3) is 5.89. The van der Waals surface area contributed by atoms with E-state index < -0.39 is 10.0 Å². The largest absolute Gasteiger partial charge is 0.379 e. The Morgan fingerprint density at radius 3 is 2.57 bits per heavy atom. The highest BCUT2D eigenvalue weighted by atomic mass is 127. The monoisotopic (exact) mass is 556 g/mol. The molecule has 11 heteroatoms. The van der Waals surface area contributed by atoms with Gasteiger partial charge in [-0.15, -0.1) is 46.7 Å². The number of halogens is 1. The van der Waals surface area contributed by atoms with Gasteiger partial charge in [0.1, 0.15) is 4.21 Å². The van der Waals surface area contributed by atoms with Gasteiger partial charge in [-0.2, -0.15) is 4.31 Å². The van der Waals surface area contributed by atoms with Gasteiger partial charge in [0.15, 0.2) is 5.96 Å². The van der Waals surface area contributed by atoms with Crippen molar-refractivity contribution in [3.05, 3.63) is 38.9 Å². The van der Waals surface area contributed by atoms with Crippen LogP contribution in [0.4, 0.5) is 0 Å². The molecule has 28 heavy (non-hydrogen) atoms. The SMILES string of the molecule is CN=C(NCc1ccc(S(=O)(=O)N2CCOCC2)s1)NCc1sccc1C.I. The van der Waals surface area contributed by atoms with Crippen LogP contribution < -0.4 is 10.6 Å². The van der Waals surface area contributed by atoms with Crippen molar-refractivity contribution in [2.24, 2.45) is 4.99 Å². The van der Waals surface area contributed by atoms with E-state index in [9.17, 15) is 8.42 Å². The lowest BCUT2D eigenvalue weighted by molar-refractivity contribution is 0.0731. The van der Waals surface area contributed by atoms with Crippen LogP contribution in [0.15, 0.2) is 32.8 Å². The zero-order chi connectivity index (χ0) is 19.3. The summed E-state index contributed by atoms with van der Waals surface area (Å²) >= 11 is 3.00. The number of aryl methyl sites for hydroxylation is 1. The van der Waals surface area contributed by atoms with E-state index in [1.54, 1.807) is 24.5 Å². The molecule has 1 saturated heterocycles. The van der Waals surface area contributed by atoms with Crippen LogP contribution in [-0.4, -0.2) is 52.0 Å². The van der Waals surface area contributed by atoms with E-state index in [1.807, 2.05) is 6.07 Å². The first-order chi connectivity index (χ1) is 13.0. The number of hydrogen-bond donors (Lipinski definition) is 2. The molecule has 0 atom stereocenters. The molecule has 0 radical (unpaired) electrons. The number of hydrogen-bond acceptors (Lipinski definition) is 6. The summed E-state index contributed by atoms with van der Waals surface area (Å²) in [6.45, 7) is 5.04. The van der Waals surface area contributed by atoms with Crippen LogP contribution in [0.3, 0.4) is 0 Å². The molecule has 1 aliphatic rings. The number of rotatable bonds is 6. The molecule has 1 aliphatic heterocycles. The van der Waals surface area contributed by atoms with Gasteiger partial charge in [-0.25, -0.2) is 8.42 Å². The molecular formula is C17H25IN4O3S3. The Balaban J connectivity index is 0.00000280. The normalized spacial score (nSPS) is 15.9. The predicted octanol–water partition coefficient (Wildman–Crippen LogP) is 2.62. The van der Waals surface area contributed by atoms with Crippen LogP contribution in [-0.2, 0) is 27.8 Å². The number of aliphatic imine (C=N–C) groups is 1. The molecule has 0 spiro atoms. The lowest BCUT2D eigenvalue weighted by atomic mass is 10.3. The van der Waals surface area contributed by atoms with Gasteiger partial charge in [-0.05, 0) is 36.1 Å². The fourth-order valence-corrected chi connectivity index (χ4v) is 6.35. The number of thiophene rings is 2. The van der Waals surface area contributed by atoms with Crippen molar-refractivity contribution in [2.75, 3.05) is 33.4 Å². The molecular weight excluding hydrogens is 531 g/mol. The van der Waals surface area contributed by atoms with Gasteiger partial charge < -0.3 is 15.4 Å². The molecule has 2 N–H and O–H groups in total. The molecule has 3 rings (SSSR count). The highest BCUT2D eigenvalue weighted by Crippen LogP contribution is 2.25. The maximum atomic E-state index is 12.7. The van der Waals surface area contributed by atoms with Gasteiger partial charge in [-0.3, -0.25) is 4.99 Å². The molecule has 2 aromatic rings. The summed E-state index contributed by atoms with van der Waals surface area (Å²) < 4.78 is 32.5. The van der Waals surface area contributed by atoms with Crippen LogP contribution in [0.1, 0.15) is 15.3 Å². The Morgan fingerprint density at radius 2 is 1.93 bits per heavy atom. The molecule has 0 saturated carbocycles. The van der Waals surface area contributed by atoms with Gasteiger partial charge in [0.05, 0.1) is 26.3 Å². The lowest BCUT2D eigenvalue weighted by Crippen LogP contribution is -2.40. The van der Waals surface area contributed by atoms with Crippen molar-refractivity contribution < 1.29 is 13.2 Å². The minimum absolute atomic E-state index is 0. The first-order valence-electron chi connectivity index (χ1n) is 8.65. The second-order valence-electron chi connectivity index (χ2n) is 6.04. The van der Waals surface area contributed by atoms with Crippen molar-refractivity contribution in [1.29, 1.82) is 0 Å². The van der Waals surface area contributed by atoms with Crippen molar-refractivity contribution >= 4 is 62.6 Å². The minimum atomic E-state index is -3.43. The summed E-state index contributed by atoms with van der Waals surface area (Å²) in [4.78, 5) is 6.44. The molecule has 2 aromatic heterocycles. The van der Waals surface area contributed by atoms with Gasteiger partial charge in [-0.1, -0.05) is 0 Å². The molecule has 0 aromatic carbocycles. The van der Waals surface area contributed by atoms with Gasteiger partial charge in [0, 0.05) is 29.9 Å². The number of nitrogens with one attached hydrogen (secondary N) is 2. The summed E-state index contributed by atoms with van der Waals surface area (Å²) in [7, 11) is -1.71. The second-order valence-corrected chi connectivity index (χ2v) is 10.4. The van der Waals surface area contributed by atoms with E-state index in [1.165, 1.54) is 26.1 Å². The molecule has 0 aliphatic carbocycles. The molecule has 0 unspecified atom stereocenters. The molecule has 0 bridgehead atoms. The molecule has 3 heterocycles. The Labute approximate surface area is 191 Å². The van der Waals surface area contributed by atoms with E-state index in [2.05, 4.69) is 34.0 Å².